The van der Waals surface area contributed by atoms with Crippen molar-refractivity contribution in [1.29, 1.82) is 0 Å². The molecule has 27 heavy (non-hydrogen) atoms. The van der Waals surface area contributed by atoms with Crippen molar-refractivity contribution in [3.63, 3.8) is 0 Å². The summed E-state index contributed by atoms with van der Waals surface area (Å²) in [6, 6.07) is 15.6. The Bertz CT molecular complexity index is 1080. The Morgan fingerprint density at radius 2 is 1.74 bits per heavy atom. The molecule has 0 unspecified atom stereocenters. The summed E-state index contributed by atoms with van der Waals surface area (Å²) < 4.78 is 6.23. The van der Waals surface area contributed by atoms with Gasteiger partial charge in [0.15, 0.2) is 4.34 Å². The van der Waals surface area contributed by atoms with Gasteiger partial charge in [0.2, 0.25) is 5.13 Å². The van der Waals surface area contributed by atoms with E-state index in [2.05, 4.69) is 20.5 Å². The predicted octanol–water partition coefficient (Wildman–Crippen LogP) is 4.83. The molecule has 0 aliphatic carbocycles. The van der Waals surface area contributed by atoms with Crippen LogP contribution >= 0.6 is 23.1 Å². The van der Waals surface area contributed by atoms with Gasteiger partial charge in [0.25, 0.3) is 0 Å². The molecule has 0 saturated heterocycles. The van der Waals surface area contributed by atoms with E-state index in [0.717, 1.165) is 43.3 Å². The van der Waals surface area contributed by atoms with E-state index >= 15 is 0 Å². The van der Waals surface area contributed by atoms with Crippen LogP contribution in [0, 0.1) is 6.92 Å². The molecular formula is C19H17N5OS2. The molecule has 0 fully saturated rings. The lowest BCUT2D eigenvalue weighted by Gasteiger charge is -2.07. The number of rotatable bonds is 6. The smallest absolute Gasteiger partial charge is 0.210 e. The highest BCUT2D eigenvalue weighted by molar-refractivity contribution is 8.00. The maximum Gasteiger partial charge on any atom is 0.210 e. The van der Waals surface area contributed by atoms with Crippen molar-refractivity contribution in [2.24, 2.45) is 0 Å². The van der Waals surface area contributed by atoms with Crippen molar-refractivity contribution < 1.29 is 4.74 Å². The van der Waals surface area contributed by atoms with Gasteiger partial charge in [0, 0.05) is 5.75 Å². The number of nitrogens with one attached hydrogen (secondary N) is 1. The van der Waals surface area contributed by atoms with Gasteiger partial charge in [-0.3, -0.25) is 0 Å². The molecule has 4 aromatic rings. The first-order valence-corrected chi connectivity index (χ1v) is 10.1. The molecule has 0 spiro atoms. The number of anilines is 2. The third-order valence-electron chi connectivity index (χ3n) is 3.93. The zero-order valence-corrected chi connectivity index (χ0v) is 16.5. The molecule has 8 heteroatoms. The van der Waals surface area contributed by atoms with Crippen LogP contribution < -0.4 is 10.1 Å². The lowest BCUT2D eigenvalue weighted by molar-refractivity contribution is 0.417. The molecule has 0 radical (unpaired) electrons. The zero-order valence-electron chi connectivity index (χ0n) is 14.8. The molecule has 6 nitrogen and oxygen atoms in total. The number of aromatic nitrogens is 4. The Morgan fingerprint density at radius 1 is 1.00 bits per heavy atom. The fraction of sp³-hybridized carbons (Fsp3) is 0.158. The average molecular weight is 396 g/mol. The van der Waals surface area contributed by atoms with Crippen molar-refractivity contribution >= 4 is 45.0 Å². The molecule has 0 bridgehead atoms. The van der Waals surface area contributed by atoms with Crippen LogP contribution in [-0.4, -0.2) is 27.3 Å². The molecule has 0 amide bonds. The SMILES string of the molecule is COc1ccccc1Nc1nnc(SCc2nc3ccccc3nc2C)s1. The van der Waals surface area contributed by atoms with Crippen LogP contribution in [0.5, 0.6) is 5.75 Å². The van der Waals surface area contributed by atoms with Gasteiger partial charge in [-0.15, -0.1) is 10.2 Å². The number of benzene rings is 2. The lowest BCUT2D eigenvalue weighted by atomic mass is 10.2. The molecule has 1 N–H and O–H groups in total. The highest BCUT2D eigenvalue weighted by Gasteiger charge is 2.10. The molecule has 0 saturated carbocycles. The zero-order chi connectivity index (χ0) is 18.6. The van der Waals surface area contributed by atoms with E-state index in [9.17, 15) is 0 Å². The molecule has 0 atom stereocenters. The number of thioether (sulfide) groups is 1. The molecular weight excluding hydrogens is 378 g/mol. The fourth-order valence-electron chi connectivity index (χ4n) is 2.57. The summed E-state index contributed by atoms with van der Waals surface area (Å²) in [7, 11) is 1.65. The molecule has 2 aromatic carbocycles. The van der Waals surface area contributed by atoms with Gasteiger partial charge < -0.3 is 10.1 Å². The van der Waals surface area contributed by atoms with Crippen LogP contribution in [0.15, 0.2) is 52.9 Å². The van der Waals surface area contributed by atoms with Gasteiger partial charge in [-0.25, -0.2) is 9.97 Å². The van der Waals surface area contributed by atoms with E-state index in [4.69, 9.17) is 9.72 Å². The second kappa shape index (κ2) is 7.89. The quantitative estimate of drug-likeness (QED) is 0.469. The first-order valence-electron chi connectivity index (χ1n) is 8.31. The largest absolute Gasteiger partial charge is 0.495 e. The van der Waals surface area contributed by atoms with E-state index in [1.165, 1.54) is 11.3 Å². The first-order chi connectivity index (χ1) is 13.2. The third kappa shape index (κ3) is 4.01. The molecule has 136 valence electrons. The fourth-order valence-corrected chi connectivity index (χ4v) is 4.34. The van der Waals surface area contributed by atoms with Crippen molar-refractivity contribution in [2.45, 2.75) is 17.0 Å². The maximum absolute atomic E-state index is 5.35. The van der Waals surface area contributed by atoms with E-state index in [1.807, 2.05) is 55.5 Å². The normalized spacial score (nSPS) is 10.9. The topological polar surface area (TPSA) is 72.8 Å². The summed E-state index contributed by atoms with van der Waals surface area (Å²) in [5.74, 6) is 1.47. The number of nitrogens with zero attached hydrogens (tertiary/aromatic N) is 4. The van der Waals surface area contributed by atoms with Gasteiger partial charge in [-0.1, -0.05) is 47.4 Å². The molecule has 2 aromatic heterocycles. The number of ether oxygens (including phenoxy) is 1. The summed E-state index contributed by atoms with van der Waals surface area (Å²) in [6.45, 7) is 1.99. The summed E-state index contributed by atoms with van der Waals surface area (Å²) >= 11 is 3.11. The number of hydrogen-bond donors (Lipinski definition) is 1. The number of aryl methyl sites for hydroxylation is 1. The van der Waals surface area contributed by atoms with Gasteiger partial charge in [-0.2, -0.15) is 0 Å². The van der Waals surface area contributed by atoms with Crippen molar-refractivity contribution in [3.05, 3.63) is 59.9 Å². The Morgan fingerprint density at radius 3 is 2.56 bits per heavy atom. The van der Waals surface area contributed by atoms with E-state index in [-0.39, 0.29) is 0 Å². The van der Waals surface area contributed by atoms with Crippen LogP contribution in [0.1, 0.15) is 11.4 Å². The minimum atomic E-state index is 0.701. The van der Waals surface area contributed by atoms with E-state index in [1.54, 1.807) is 18.9 Å². The molecule has 2 heterocycles. The Kier molecular flexibility index (Phi) is 5.17. The minimum Gasteiger partial charge on any atom is -0.495 e. The Labute approximate surface area is 165 Å². The van der Waals surface area contributed by atoms with Crippen LogP contribution in [-0.2, 0) is 5.75 Å². The predicted molar refractivity (Wildman–Crippen MR) is 110 cm³/mol. The number of para-hydroxylation sites is 4. The lowest BCUT2D eigenvalue weighted by Crippen LogP contribution is -1.96. The monoisotopic (exact) mass is 395 g/mol. The highest BCUT2D eigenvalue weighted by atomic mass is 32.2. The second-order valence-corrected chi connectivity index (χ2v) is 7.93. The minimum absolute atomic E-state index is 0.701. The van der Waals surface area contributed by atoms with Gasteiger partial charge in [-0.05, 0) is 31.2 Å². The summed E-state index contributed by atoms with van der Waals surface area (Å²) in [4.78, 5) is 9.36. The molecule has 0 aliphatic heterocycles. The van der Waals surface area contributed by atoms with Crippen LogP contribution in [0.25, 0.3) is 11.0 Å². The van der Waals surface area contributed by atoms with Crippen molar-refractivity contribution in [1.82, 2.24) is 20.2 Å². The van der Waals surface area contributed by atoms with Crippen molar-refractivity contribution in [3.8, 4) is 5.75 Å². The number of fused-ring (bicyclic) bond motifs is 1. The third-order valence-corrected chi connectivity index (χ3v) is 5.91. The average Bonchev–Trinajstić information content (AvgIpc) is 3.14. The van der Waals surface area contributed by atoms with Crippen LogP contribution in [0.2, 0.25) is 0 Å². The van der Waals surface area contributed by atoms with Crippen molar-refractivity contribution in [2.75, 3.05) is 12.4 Å². The standard InChI is InChI=1S/C19H17N5OS2/c1-12-16(21-14-8-4-3-7-13(14)20-12)11-26-19-24-23-18(27-19)22-15-9-5-6-10-17(15)25-2/h3-10H,11H2,1-2H3,(H,22,23). The van der Waals surface area contributed by atoms with Crippen LogP contribution in [0.3, 0.4) is 0 Å². The van der Waals surface area contributed by atoms with E-state index < -0.39 is 0 Å². The Balaban J connectivity index is 1.46. The van der Waals surface area contributed by atoms with Gasteiger partial charge >= 0.3 is 0 Å². The maximum atomic E-state index is 5.35. The first kappa shape index (κ1) is 17.7. The summed E-state index contributed by atoms with van der Waals surface area (Å²) in [6.07, 6.45) is 0. The Hall–Kier alpha value is -2.71. The second-order valence-electron chi connectivity index (χ2n) is 5.73. The molecule has 0 aliphatic rings. The summed E-state index contributed by atoms with van der Waals surface area (Å²) in [5.41, 5.74) is 4.60. The summed E-state index contributed by atoms with van der Waals surface area (Å²) in [5, 5.41) is 12.5. The number of methoxy groups -OCH3 is 1. The van der Waals surface area contributed by atoms with Gasteiger partial charge in [0.05, 0.1) is 35.2 Å². The van der Waals surface area contributed by atoms with Gasteiger partial charge in [0.1, 0.15) is 5.75 Å². The number of hydrogen-bond acceptors (Lipinski definition) is 8. The molecule has 4 rings (SSSR count). The van der Waals surface area contributed by atoms with E-state index in [0.29, 0.717) is 5.75 Å². The van der Waals surface area contributed by atoms with Crippen LogP contribution in [0.4, 0.5) is 10.8 Å². The highest BCUT2D eigenvalue weighted by Crippen LogP contribution is 2.32.